The summed E-state index contributed by atoms with van der Waals surface area (Å²) in [6.45, 7) is 3.45. The molecule has 1 aliphatic heterocycles. The van der Waals surface area contributed by atoms with Crippen LogP contribution in [0.5, 0.6) is 0 Å². The number of fused-ring (bicyclic) bond motifs is 1. The number of ether oxygens (including phenoxy) is 4. The maximum Gasteiger partial charge on any atom is 0.303 e. The largest absolute Gasteiger partial charge is 0.463 e. The van der Waals surface area contributed by atoms with Gasteiger partial charge in [-0.3, -0.25) is 14.4 Å². The van der Waals surface area contributed by atoms with Crippen LogP contribution in [0.1, 0.15) is 27.0 Å². The zero-order valence-electron chi connectivity index (χ0n) is 14.8. The lowest BCUT2D eigenvalue weighted by Crippen LogP contribution is -2.40. The fourth-order valence-corrected chi connectivity index (χ4v) is 2.76. The highest BCUT2D eigenvalue weighted by atomic mass is 16.7. The lowest BCUT2D eigenvalue weighted by Gasteiger charge is -2.23. The van der Waals surface area contributed by atoms with E-state index in [-0.39, 0.29) is 6.61 Å². The number of esters is 3. The van der Waals surface area contributed by atoms with Crippen LogP contribution in [0.3, 0.4) is 0 Å². The third kappa shape index (κ3) is 4.00. The van der Waals surface area contributed by atoms with Crippen LogP contribution in [0.4, 0.5) is 0 Å². The molecule has 0 radical (unpaired) electrons. The third-order valence-electron chi connectivity index (χ3n) is 3.72. The van der Waals surface area contributed by atoms with Crippen LogP contribution in [0, 0.1) is 0 Å². The number of hydrogen-bond acceptors (Lipinski definition) is 11. The second-order valence-electron chi connectivity index (χ2n) is 5.78. The molecule has 12 heteroatoms. The summed E-state index contributed by atoms with van der Waals surface area (Å²) in [6, 6.07) is 0. The minimum Gasteiger partial charge on any atom is -0.463 e. The summed E-state index contributed by atoms with van der Waals surface area (Å²) < 4.78 is 22.8. The molecule has 0 aliphatic carbocycles. The third-order valence-corrected chi connectivity index (χ3v) is 3.72. The molecule has 0 amide bonds. The number of carbonyl (C=O) groups is 3. The molecule has 0 saturated carbocycles. The fraction of sp³-hybridized carbons (Fsp3) is 0.533. The van der Waals surface area contributed by atoms with E-state index in [4.69, 9.17) is 18.9 Å². The van der Waals surface area contributed by atoms with Gasteiger partial charge in [-0.25, -0.2) is 9.97 Å². The van der Waals surface area contributed by atoms with E-state index < -0.39 is 42.4 Å². The summed E-state index contributed by atoms with van der Waals surface area (Å²) in [4.78, 5) is 42.3. The van der Waals surface area contributed by atoms with E-state index in [0.717, 1.165) is 0 Å². The highest BCUT2D eigenvalue weighted by Gasteiger charge is 2.51. The molecule has 0 N–H and O–H groups in total. The average molecular weight is 379 g/mol. The molecular weight excluding hydrogens is 362 g/mol. The maximum atomic E-state index is 11.6. The highest BCUT2D eigenvalue weighted by molar-refractivity contribution is 5.69. The molecule has 0 unspecified atom stereocenters. The van der Waals surface area contributed by atoms with Gasteiger partial charge in [-0.1, -0.05) is 5.21 Å². The van der Waals surface area contributed by atoms with E-state index in [9.17, 15) is 14.4 Å². The summed E-state index contributed by atoms with van der Waals surface area (Å²) >= 11 is 0. The van der Waals surface area contributed by atoms with E-state index in [0.29, 0.717) is 11.2 Å². The van der Waals surface area contributed by atoms with Gasteiger partial charge in [-0.05, 0) is 0 Å². The van der Waals surface area contributed by atoms with Gasteiger partial charge in [-0.15, -0.1) is 5.10 Å². The predicted octanol–water partition coefficient (Wildman–Crippen LogP) is -0.455. The topological polar surface area (TPSA) is 145 Å². The van der Waals surface area contributed by atoms with Gasteiger partial charge in [0.15, 0.2) is 29.6 Å². The van der Waals surface area contributed by atoms with Crippen LogP contribution in [-0.4, -0.2) is 67.8 Å². The van der Waals surface area contributed by atoms with Crippen LogP contribution in [0.2, 0.25) is 0 Å². The molecule has 2 aromatic rings. The molecule has 144 valence electrons. The van der Waals surface area contributed by atoms with E-state index in [1.807, 2.05) is 0 Å². The molecule has 2 aromatic heterocycles. The average Bonchev–Trinajstić information content (AvgIpc) is 3.15. The number of aromatic nitrogens is 5. The van der Waals surface area contributed by atoms with Crippen LogP contribution in [-0.2, 0) is 33.3 Å². The van der Waals surface area contributed by atoms with E-state index in [1.165, 1.54) is 38.0 Å². The molecule has 4 atom stereocenters. The summed E-state index contributed by atoms with van der Waals surface area (Å²) in [5.41, 5.74) is 0.733. The van der Waals surface area contributed by atoms with Gasteiger partial charge >= 0.3 is 17.9 Å². The number of carbonyl (C=O) groups excluding carboxylic acids is 3. The Hall–Kier alpha value is -3.15. The fourth-order valence-electron chi connectivity index (χ4n) is 2.76. The van der Waals surface area contributed by atoms with Gasteiger partial charge in [0.2, 0.25) is 0 Å². The first-order valence-electron chi connectivity index (χ1n) is 8.01. The molecule has 0 spiro atoms. The van der Waals surface area contributed by atoms with Crippen molar-refractivity contribution < 1.29 is 33.3 Å². The van der Waals surface area contributed by atoms with Crippen molar-refractivity contribution in [2.45, 2.75) is 45.3 Å². The summed E-state index contributed by atoms with van der Waals surface area (Å²) in [6.07, 6.45) is -1.19. The normalized spacial score (nSPS) is 24.6. The quantitative estimate of drug-likeness (QED) is 0.491. The van der Waals surface area contributed by atoms with Crippen molar-refractivity contribution >= 4 is 29.1 Å². The SMILES string of the molecule is CC(=O)OC[C@H]1O[C@@H](n2nnc3cncnc32)[C@H](OC(C)=O)[C@@H]1OC(C)=O. The van der Waals surface area contributed by atoms with E-state index in [2.05, 4.69) is 20.3 Å². The summed E-state index contributed by atoms with van der Waals surface area (Å²) in [7, 11) is 0. The van der Waals surface area contributed by atoms with Gasteiger partial charge in [0.05, 0.1) is 6.20 Å². The van der Waals surface area contributed by atoms with Gasteiger partial charge in [0, 0.05) is 20.8 Å². The Kier molecular flexibility index (Phi) is 5.26. The Morgan fingerprint density at radius 2 is 1.81 bits per heavy atom. The van der Waals surface area contributed by atoms with Crippen molar-refractivity contribution in [2.75, 3.05) is 6.61 Å². The molecule has 27 heavy (non-hydrogen) atoms. The first-order chi connectivity index (χ1) is 12.9. The molecule has 3 rings (SSSR count). The summed E-state index contributed by atoms with van der Waals surface area (Å²) in [5, 5.41) is 7.91. The van der Waals surface area contributed by atoms with Crippen LogP contribution in [0.25, 0.3) is 11.2 Å². The molecular formula is C15H17N5O7. The Morgan fingerprint density at radius 3 is 2.48 bits per heavy atom. The van der Waals surface area contributed by atoms with E-state index in [1.54, 1.807) is 0 Å². The molecule has 1 aliphatic rings. The van der Waals surface area contributed by atoms with E-state index >= 15 is 0 Å². The second-order valence-corrected chi connectivity index (χ2v) is 5.78. The van der Waals surface area contributed by atoms with Crippen molar-refractivity contribution in [2.24, 2.45) is 0 Å². The lowest BCUT2D eigenvalue weighted by molar-refractivity contribution is -0.166. The number of hydrogen-bond donors (Lipinski definition) is 0. The Bertz CT molecular complexity index is 869. The maximum absolute atomic E-state index is 11.6. The highest BCUT2D eigenvalue weighted by Crippen LogP contribution is 2.35. The van der Waals surface area contributed by atoms with Crippen molar-refractivity contribution in [3.8, 4) is 0 Å². The smallest absolute Gasteiger partial charge is 0.303 e. The molecule has 1 fully saturated rings. The lowest BCUT2D eigenvalue weighted by atomic mass is 10.1. The van der Waals surface area contributed by atoms with Gasteiger partial charge in [-0.2, -0.15) is 4.68 Å². The molecule has 0 aromatic carbocycles. The van der Waals surface area contributed by atoms with Crippen molar-refractivity contribution in [1.82, 2.24) is 25.0 Å². The predicted molar refractivity (Wildman–Crippen MR) is 84.8 cm³/mol. The minimum atomic E-state index is -1.05. The van der Waals surface area contributed by atoms with Crippen LogP contribution < -0.4 is 0 Å². The van der Waals surface area contributed by atoms with Gasteiger partial charge < -0.3 is 18.9 Å². The summed E-state index contributed by atoms with van der Waals surface area (Å²) in [5.74, 6) is -1.76. The number of rotatable bonds is 5. The Labute approximate surface area is 152 Å². The van der Waals surface area contributed by atoms with Gasteiger partial charge in [0.25, 0.3) is 0 Å². The number of nitrogens with zero attached hydrogens (tertiary/aromatic N) is 5. The standard InChI is InChI=1S/C15H17N5O7/c1-7(21)24-5-11-12(25-8(2)22)13(26-9(3)23)15(27-11)20-14-10(18-19-20)4-16-6-17-14/h4,6,11-13,15H,5H2,1-3H3/t11-,12-,13-,15-/m1/s1. The zero-order valence-corrected chi connectivity index (χ0v) is 14.8. The van der Waals surface area contributed by atoms with Crippen molar-refractivity contribution in [1.29, 1.82) is 0 Å². The first-order valence-corrected chi connectivity index (χ1v) is 8.01. The molecule has 0 bridgehead atoms. The second kappa shape index (κ2) is 7.61. The zero-order chi connectivity index (χ0) is 19.6. The minimum absolute atomic E-state index is 0.205. The van der Waals surface area contributed by atoms with Crippen molar-refractivity contribution in [3.63, 3.8) is 0 Å². The monoisotopic (exact) mass is 379 g/mol. The molecule has 3 heterocycles. The van der Waals surface area contributed by atoms with Crippen LogP contribution >= 0.6 is 0 Å². The Morgan fingerprint density at radius 1 is 1.11 bits per heavy atom. The Balaban J connectivity index is 1.98. The first kappa shape index (κ1) is 18.6. The molecule has 12 nitrogen and oxygen atoms in total. The van der Waals surface area contributed by atoms with Gasteiger partial charge in [0.1, 0.15) is 19.0 Å². The van der Waals surface area contributed by atoms with Crippen LogP contribution in [0.15, 0.2) is 12.5 Å². The molecule has 1 saturated heterocycles. The van der Waals surface area contributed by atoms with Crippen molar-refractivity contribution in [3.05, 3.63) is 12.5 Å².